The number of rotatable bonds is 5. The summed E-state index contributed by atoms with van der Waals surface area (Å²) in [6.45, 7) is 0.00309. The second kappa shape index (κ2) is 5.91. The van der Waals surface area contributed by atoms with Crippen molar-refractivity contribution in [2.75, 3.05) is 6.61 Å². The van der Waals surface area contributed by atoms with Crippen molar-refractivity contribution in [3.05, 3.63) is 0 Å². The van der Waals surface area contributed by atoms with Gasteiger partial charge in [0.15, 0.2) is 0 Å². The highest BCUT2D eigenvalue weighted by Crippen LogP contribution is 2.06. The van der Waals surface area contributed by atoms with E-state index in [0.29, 0.717) is 12.8 Å². The van der Waals surface area contributed by atoms with Gasteiger partial charge in [-0.3, -0.25) is 0 Å². The fourth-order valence-corrected chi connectivity index (χ4v) is 0.952. The van der Waals surface area contributed by atoms with Crippen molar-refractivity contribution in [2.45, 2.75) is 25.0 Å². The summed E-state index contributed by atoms with van der Waals surface area (Å²) in [7, 11) is 0. The zero-order valence-electron chi connectivity index (χ0n) is 5.97. The van der Waals surface area contributed by atoms with Crippen LogP contribution in [-0.4, -0.2) is 38.3 Å². The fourth-order valence-electron chi connectivity index (χ4n) is 0.623. The lowest BCUT2D eigenvalue weighted by molar-refractivity contribution is 0.0522. The minimum atomic E-state index is -1.07. The van der Waals surface area contributed by atoms with Crippen molar-refractivity contribution < 1.29 is 15.3 Å². The molecule has 0 rings (SSSR count). The van der Waals surface area contributed by atoms with E-state index in [1.165, 1.54) is 0 Å². The Balaban J connectivity index is 3.63. The van der Waals surface area contributed by atoms with Crippen LogP contribution in [0.5, 0.6) is 0 Å². The van der Waals surface area contributed by atoms with Crippen LogP contribution in [0.1, 0.15) is 12.8 Å². The zero-order valence-corrected chi connectivity index (χ0v) is 7.68. The molecule has 0 saturated heterocycles. The topological polar surface area (TPSA) is 60.7 Å². The van der Waals surface area contributed by atoms with Gasteiger partial charge in [0.25, 0.3) is 0 Å². The SMILES string of the molecule is OCCCC(O)C(O)C(=S)S. The summed E-state index contributed by atoms with van der Waals surface area (Å²) < 4.78 is 0.0791. The van der Waals surface area contributed by atoms with Crippen molar-refractivity contribution in [3.63, 3.8) is 0 Å². The molecule has 0 amide bonds. The predicted molar refractivity (Wildman–Crippen MR) is 49.9 cm³/mol. The van der Waals surface area contributed by atoms with Gasteiger partial charge in [0.1, 0.15) is 6.10 Å². The average molecular weight is 196 g/mol. The molecule has 0 saturated carbocycles. The van der Waals surface area contributed by atoms with E-state index >= 15 is 0 Å². The summed E-state index contributed by atoms with van der Waals surface area (Å²) in [5, 5.41) is 26.6. The molecule has 0 spiro atoms. The van der Waals surface area contributed by atoms with Crippen LogP contribution < -0.4 is 0 Å². The zero-order chi connectivity index (χ0) is 8.85. The van der Waals surface area contributed by atoms with E-state index in [1.807, 2.05) is 0 Å². The molecule has 66 valence electrons. The second-order valence-corrected chi connectivity index (χ2v) is 3.44. The van der Waals surface area contributed by atoms with Crippen LogP contribution in [-0.2, 0) is 0 Å². The van der Waals surface area contributed by atoms with Crippen LogP contribution in [0, 0.1) is 0 Å². The van der Waals surface area contributed by atoms with E-state index in [9.17, 15) is 0 Å². The minimum absolute atomic E-state index is 0.00309. The van der Waals surface area contributed by atoms with Crippen molar-refractivity contribution >= 4 is 29.0 Å². The number of hydrogen-bond donors (Lipinski definition) is 4. The maximum atomic E-state index is 9.12. The molecular weight excluding hydrogens is 184 g/mol. The molecule has 0 aliphatic rings. The second-order valence-electron chi connectivity index (χ2n) is 2.22. The monoisotopic (exact) mass is 196 g/mol. The summed E-state index contributed by atoms with van der Waals surface area (Å²) in [5.74, 6) is 0. The maximum Gasteiger partial charge on any atom is 0.120 e. The van der Waals surface area contributed by atoms with Crippen molar-refractivity contribution in [1.82, 2.24) is 0 Å². The lowest BCUT2D eigenvalue weighted by atomic mass is 10.1. The van der Waals surface area contributed by atoms with Gasteiger partial charge >= 0.3 is 0 Å². The Bertz CT molecular complexity index is 129. The first-order valence-corrected chi connectivity index (χ1v) is 4.15. The Morgan fingerprint density at radius 3 is 2.36 bits per heavy atom. The largest absolute Gasteiger partial charge is 0.396 e. The molecule has 0 heterocycles. The van der Waals surface area contributed by atoms with E-state index in [4.69, 9.17) is 15.3 Å². The molecule has 5 heteroatoms. The fraction of sp³-hybridized carbons (Fsp3) is 0.833. The van der Waals surface area contributed by atoms with E-state index in [1.54, 1.807) is 0 Å². The molecule has 0 aliphatic heterocycles. The van der Waals surface area contributed by atoms with Gasteiger partial charge in [-0.15, -0.1) is 12.6 Å². The van der Waals surface area contributed by atoms with Gasteiger partial charge in [0.2, 0.25) is 0 Å². The molecule has 0 bridgehead atoms. The molecule has 0 radical (unpaired) electrons. The summed E-state index contributed by atoms with van der Waals surface area (Å²) in [4.78, 5) is 0. The first-order chi connectivity index (χ1) is 5.09. The third-order valence-electron chi connectivity index (χ3n) is 1.28. The molecule has 0 aliphatic carbocycles. The van der Waals surface area contributed by atoms with E-state index in [0.717, 1.165) is 0 Å². The molecule has 2 unspecified atom stereocenters. The maximum absolute atomic E-state index is 9.12. The Hall–Kier alpha value is 0.320. The van der Waals surface area contributed by atoms with Gasteiger partial charge in [-0.2, -0.15) is 0 Å². The number of thiol groups is 1. The van der Waals surface area contributed by atoms with Crippen LogP contribution in [0.25, 0.3) is 0 Å². The summed E-state index contributed by atoms with van der Waals surface area (Å²) in [6, 6.07) is 0. The molecule has 3 nitrogen and oxygen atoms in total. The molecule has 2 atom stereocenters. The molecule has 0 aromatic heterocycles. The number of hydrogen-bond acceptors (Lipinski definition) is 4. The van der Waals surface area contributed by atoms with E-state index in [-0.39, 0.29) is 10.8 Å². The average Bonchev–Trinajstić information content (AvgIpc) is 1.98. The first kappa shape index (κ1) is 11.3. The lowest BCUT2D eigenvalue weighted by Gasteiger charge is -2.14. The van der Waals surface area contributed by atoms with Gasteiger partial charge in [0.05, 0.1) is 10.3 Å². The standard InChI is InChI=1S/C6H12O3S2/c7-3-1-2-4(8)5(9)6(10)11/h4-5,7-9H,1-3H2,(H,10,11). The van der Waals surface area contributed by atoms with Crippen LogP contribution >= 0.6 is 24.8 Å². The molecule has 0 aromatic carbocycles. The highest BCUT2D eigenvalue weighted by Gasteiger charge is 2.17. The van der Waals surface area contributed by atoms with Crippen LogP contribution in [0.4, 0.5) is 0 Å². The number of aliphatic hydroxyl groups excluding tert-OH is 3. The first-order valence-electron chi connectivity index (χ1n) is 3.29. The van der Waals surface area contributed by atoms with Gasteiger partial charge in [-0.25, -0.2) is 0 Å². The minimum Gasteiger partial charge on any atom is -0.396 e. The van der Waals surface area contributed by atoms with Crippen LogP contribution in [0.2, 0.25) is 0 Å². The Morgan fingerprint density at radius 2 is 2.00 bits per heavy atom. The van der Waals surface area contributed by atoms with Gasteiger partial charge < -0.3 is 15.3 Å². The Kier molecular flexibility index (Phi) is 6.08. The number of aliphatic hydroxyl groups is 3. The van der Waals surface area contributed by atoms with Crippen LogP contribution in [0.15, 0.2) is 0 Å². The van der Waals surface area contributed by atoms with Crippen LogP contribution in [0.3, 0.4) is 0 Å². The molecular formula is C6H12O3S2. The normalized spacial score (nSPS) is 16.0. The highest BCUT2D eigenvalue weighted by molar-refractivity contribution is 8.11. The molecule has 0 fully saturated rings. The highest BCUT2D eigenvalue weighted by atomic mass is 32.1. The van der Waals surface area contributed by atoms with Crippen molar-refractivity contribution in [3.8, 4) is 0 Å². The lowest BCUT2D eigenvalue weighted by Crippen LogP contribution is -2.30. The van der Waals surface area contributed by atoms with Gasteiger partial charge in [-0.05, 0) is 12.8 Å². The van der Waals surface area contributed by atoms with E-state index < -0.39 is 12.2 Å². The van der Waals surface area contributed by atoms with Gasteiger partial charge in [-0.1, -0.05) is 12.2 Å². The molecule has 3 N–H and O–H groups in total. The third-order valence-corrected chi connectivity index (χ3v) is 1.78. The molecule has 11 heavy (non-hydrogen) atoms. The van der Waals surface area contributed by atoms with Crippen molar-refractivity contribution in [2.24, 2.45) is 0 Å². The predicted octanol–water partition coefficient (Wildman–Crippen LogP) is -0.262. The quantitative estimate of drug-likeness (QED) is 0.361. The Labute approximate surface area is 76.5 Å². The summed E-state index contributed by atoms with van der Waals surface area (Å²) in [5.41, 5.74) is 0. The third kappa shape index (κ3) is 4.71. The smallest absolute Gasteiger partial charge is 0.120 e. The number of thiocarbonyl (C=S) groups is 1. The van der Waals surface area contributed by atoms with Crippen molar-refractivity contribution in [1.29, 1.82) is 0 Å². The summed E-state index contributed by atoms with van der Waals surface area (Å²) >= 11 is 8.25. The van der Waals surface area contributed by atoms with E-state index in [2.05, 4.69) is 24.8 Å². The summed E-state index contributed by atoms with van der Waals surface area (Å²) in [6.07, 6.45) is -1.19. The molecule has 0 aromatic rings. The van der Waals surface area contributed by atoms with Gasteiger partial charge in [0, 0.05) is 6.61 Å². The Morgan fingerprint density at radius 1 is 1.45 bits per heavy atom.